The fourth-order valence-corrected chi connectivity index (χ4v) is 4.15. The molecule has 0 N–H and O–H groups in total. The first-order chi connectivity index (χ1) is 9.74. The molecule has 0 spiro atoms. The predicted octanol–water partition coefficient (Wildman–Crippen LogP) is 1.77. The molecule has 2 aliphatic rings. The molecule has 3 rings (SSSR count). The Hall–Kier alpha value is -1.52. The number of rotatable bonds is 0. The maximum Gasteiger partial charge on any atom is 0.333 e. The highest BCUT2D eigenvalue weighted by Crippen LogP contribution is 2.51. The summed E-state index contributed by atoms with van der Waals surface area (Å²) in [6, 6.07) is 0. The molecule has 1 aromatic heterocycles. The van der Waals surface area contributed by atoms with Crippen molar-refractivity contribution in [3.05, 3.63) is 26.4 Å². The van der Waals surface area contributed by atoms with Gasteiger partial charge in [0.25, 0.3) is 5.56 Å². The summed E-state index contributed by atoms with van der Waals surface area (Å²) in [6.45, 7) is 6.39. The van der Waals surface area contributed by atoms with Crippen LogP contribution in [-0.4, -0.2) is 14.7 Å². The summed E-state index contributed by atoms with van der Waals surface area (Å²) >= 11 is 0. The van der Waals surface area contributed by atoms with Gasteiger partial charge in [-0.05, 0) is 32.6 Å². The highest BCUT2D eigenvalue weighted by atomic mass is 16.5. The Morgan fingerprint density at radius 3 is 2.48 bits per heavy atom. The highest BCUT2D eigenvalue weighted by molar-refractivity contribution is 5.34. The third-order valence-corrected chi connectivity index (χ3v) is 5.38. The Balaban J connectivity index is 2.29. The van der Waals surface area contributed by atoms with Crippen molar-refractivity contribution in [2.24, 2.45) is 25.9 Å². The fourth-order valence-electron chi connectivity index (χ4n) is 4.15. The molecule has 1 saturated carbocycles. The summed E-state index contributed by atoms with van der Waals surface area (Å²) in [5, 5.41) is 0. The van der Waals surface area contributed by atoms with Crippen LogP contribution in [0.4, 0.5) is 0 Å². The van der Waals surface area contributed by atoms with Crippen LogP contribution in [0.25, 0.3) is 0 Å². The number of fused-ring (bicyclic) bond motifs is 3. The van der Waals surface area contributed by atoms with Crippen molar-refractivity contribution in [1.82, 2.24) is 9.13 Å². The van der Waals surface area contributed by atoms with Crippen LogP contribution in [-0.2, 0) is 14.1 Å². The minimum atomic E-state index is -0.339. The van der Waals surface area contributed by atoms with E-state index in [2.05, 4.69) is 20.8 Å². The second-order valence-electron chi connectivity index (χ2n) is 7.26. The Kier molecular flexibility index (Phi) is 3.08. The SMILES string of the molecule is C[C@@H]1CC[C@H]2[C@H](C1)c1c(n(C)c(=O)n(C)c1=O)OC2(C)C. The summed E-state index contributed by atoms with van der Waals surface area (Å²) in [5.41, 5.74) is -0.144. The third kappa shape index (κ3) is 1.97. The van der Waals surface area contributed by atoms with E-state index in [1.165, 1.54) is 15.6 Å². The van der Waals surface area contributed by atoms with E-state index < -0.39 is 0 Å². The second kappa shape index (κ2) is 4.49. The van der Waals surface area contributed by atoms with Crippen LogP contribution in [0.3, 0.4) is 0 Å². The van der Waals surface area contributed by atoms with Crippen molar-refractivity contribution in [1.29, 1.82) is 0 Å². The van der Waals surface area contributed by atoms with Crippen molar-refractivity contribution in [3.63, 3.8) is 0 Å². The van der Waals surface area contributed by atoms with Crippen molar-refractivity contribution in [3.8, 4) is 5.88 Å². The van der Waals surface area contributed by atoms with Crippen molar-refractivity contribution in [2.75, 3.05) is 0 Å². The Morgan fingerprint density at radius 2 is 1.81 bits per heavy atom. The number of hydrogen-bond acceptors (Lipinski definition) is 3. The number of hydrogen-bond donors (Lipinski definition) is 0. The van der Waals surface area contributed by atoms with Crippen molar-refractivity contribution >= 4 is 0 Å². The molecule has 5 heteroatoms. The molecule has 1 fully saturated rings. The Morgan fingerprint density at radius 1 is 1.14 bits per heavy atom. The lowest BCUT2D eigenvalue weighted by atomic mass is 9.65. The van der Waals surface area contributed by atoms with Crippen LogP contribution >= 0.6 is 0 Å². The molecular weight excluding hydrogens is 268 g/mol. The zero-order valence-corrected chi connectivity index (χ0v) is 13.5. The Labute approximate surface area is 124 Å². The average molecular weight is 292 g/mol. The van der Waals surface area contributed by atoms with E-state index in [0.29, 0.717) is 23.3 Å². The van der Waals surface area contributed by atoms with Gasteiger partial charge in [0.1, 0.15) is 5.60 Å². The first-order valence-electron chi connectivity index (χ1n) is 7.73. The molecule has 0 amide bonds. The van der Waals surface area contributed by atoms with E-state index >= 15 is 0 Å². The van der Waals surface area contributed by atoms with E-state index in [1.807, 2.05) is 0 Å². The van der Waals surface area contributed by atoms with Crippen LogP contribution in [0.2, 0.25) is 0 Å². The van der Waals surface area contributed by atoms with Gasteiger partial charge in [-0.1, -0.05) is 13.3 Å². The molecule has 3 atom stereocenters. The lowest BCUT2D eigenvalue weighted by Gasteiger charge is -2.48. The lowest BCUT2D eigenvalue weighted by molar-refractivity contribution is -0.0225. The molecule has 0 radical (unpaired) electrons. The molecule has 2 heterocycles. The van der Waals surface area contributed by atoms with Gasteiger partial charge >= 0.3 is 5.69 Å². The quantitative estimate of drug-likeness (QED) is 0.732. The topological polar surface area (TPSA) is 53.2 Å². The summed E-state index contributed by atoms with van der Waals surface area (Å²) in [4.78, 5) is 24.8. The van der Waals surface area contributed by atoms with Crippen molar-refractivity contribution < 1.29 is 4.74 Å². The van der Waals surface area contributed by atoms with Crippen LogP contribution < -0.4 is 16.0 Å². The standard InChI is InChI=1S/C16H24N2O3/c1-9-6-7-11-10(8-9)12-13(19)17(4)15(20)18(5)14(12)21-16(11,2)3/h9-11H,6-8H2,1-5H3/t9-,10+,11+/m1/s1. The molecule has 0 unspecified atom stereocenters. The summed E-state index contributed by atoms with van der Waals surface area (Å²) < 4.78 is 8.81. The fraction of sp³-hybridized carbons (Fsp3) is 0.750. The molecule has 0 saturated heterocycles. The van der Waals surface area contributed by atoms with E-state index in [9.17, 15) is 9.59 Å². The van der Waals surface area contributed by atoms with Crippen LogP contribution in [0.5, 0.6) is 5.88 Å². The zero-order valence-electron chi connectivity index (χ0n) is 13.5. The third-order valence-electron chi connectivity index (χ3n) is 5.38. The number of nitrogens with zero attached hydrogens (tertiary/aromatic N) is 2. The van der Waals surface area contributed by atoms with Gasteiger partial charge in [0.15, 0.2) is 0 Å². The molecule has 21 heavy (non-hydrogen) atoms. The van der Waals surface area contributed by atoms with Gasteiger partial charge in [-0.25, -0.2) is 4.79 Å². The number of ether oxygens (including phenoxy) is 1. The molecule has 5 nitrogen and oxygen atoms in total. The molecule has 116 valence electrons. The van der Waals surface area contributed by atoms with Gasteiger partial charge in [-0.2, -0.15) is 0 Å². The monoisotopic (exact) mass is 292 g/mol. The van der Waals surface area contributed by atoms with Crippen LogP contribution in [0.15, 0.2) is 9.59 Å². The first kappa shape index (κ1) is 14.4. The maximum atomic E-state index is 12.6. The molecular formula is C16H24N2O3. The van der Waals surface area contributed by atoms with Gasteiger partial charge in [0.05, 0.1) is 5.56 Å². The van der Waals surface area contributed by atoms with Crippen LogP contribution in [0, 0.1) is 11.8 Å². The predicted molar refractivity (Wildman–Crippen MR) is 80.9 cm³/mol. The summed E-state index contributed by atoms with van der Waals surface area (Å²) in [6.07, 6.45) is 3.25. The lowest BCUT2D eigenvalue weighted by Crippen LogP contribution is -2.52. The molecule has 0 bridgehead atoms. The largest absolute Gasteiger partial charge is 0.472 e. The summed E-state index contributed by atoms with van der Waals surface area (Å²) in [7, 11) is 3.23. The van der Waals surface area contributed by atoms with Gasteiger partial charge in [0.2, 0.25) is 5.88 Å². The van der Waals surface area contributed by atoms with Gasteiger partial charge in [0, 0.05) is 25.9 Å². The van der Waals surface area contributed by atoms with E-state index in [-0.39, 0.29) is 22.8 Å². The minimum Gasteiger partial charge on any atom is -0.472 e. The maximum absolute atomic E-state index is 12.6. The molecule has 1 aromatic rings. The highest BCUT2D eigenvalue weighted by Gasteiger charge is 2.48. The molecule has 1 aliphatic heterocycles. The van der Waals surface area contributed by atoms with Crippen molar-refractivity contribution in [2.45, 2.75) is 51.6 Å². The summed E-state index contributed by atoms with van der Waals surface area (Å²) in [5.74, 6) is 1.61. The first-order valence-corrected chi connectivity index (χ1v) is 7.73. The molecule has 1 aliphatic carbocycles. The van der Waals surface area contributed by atoms with Gasteiger partial charge in [-0.3, -0.25) is 13.9 Å². The van der Waals surface area contributed by atoms with Gasteiger partial charge < -0.3 is 4.74 Å². The zero-order chi connectivity index (χ0) is 15.5. The number of aromatic nitrogens is 2. The smallest absolute Gasteiger partial charge is 0.333 e. The normalized spacial score (nSPS) is 30.2. The Bertz CT molecular complexity index is 699. The van der Waals surface area contributed by atoms with Gasteiger partial charge in [-0.15, -0.1) is 0 Å². The van der Waals surface area contributed by atoms with E-state index in [0.717, 1.165) is 12.8 Å². The van der Waals surface area contributed by atoms with E-state index in [1.54, 1.807) is 14.1 Å². The van der Waals surface area contributed by atoms with E-state index in [4.69, 9.17) is 4.74 Å². The second-order valence-corrected chi connectivity index (χ2v) is 7.26. The minimum absolute atomic E-state index is 0.187. The average Bonchev–Trinajstić information content (AvgIpc) is 2.41. The molecule has 0 aromatic carbocycles. The van der Waals surface area contributed by atoms with Crippen LogP contribution in [0.1, 0.15) is 51.5 Å².